The summed E-state index contributed by atoms with van der Waals surface area (Å²) >= 11 is 0. The topological polar surface area (TPSA) is 48.2 Å². The predicted molar refractivity (Wildman–Crippen MR) is 89.1 cm³/mol. The van der Waals surface area contributed by atoms with Gasteiger partial charge in [0.1, 0.15) is 0 Å². The van der Waals surface area contributed by atoms with Crippen LogP contribution in [0.5, 0.6) is 0 Å². The molecule has 116 valence electrons. The Bertz CT molecular complexity index is 595. The zero-order valence-electron chi connectivity index (χ0n) is 13.3. The van der Waals surface area contributed by atoms with Gasteiger partial charge in [-0.1, -0.05) is 53.3 Å². The maximum Gasteiger partial charge on any atom is 0.0874 e. The summed E-state index contributed by atoms with van der Waals surface area (Å²) in [7, 11) is 1.83. The Balaban J connectivity index is 1.93. The first-order valence-electron chi connectivity index (χ1n) is 7.49. The van der Waals surface area contributed by atoms with E-state index in [9.17, 15) is 5.11 Å². The van der Waals surface area contributed by atoms with Gasteiger partial charge in [-0.15, -0.1) is 5.11 Å². The number of aliphatic hydroxyl groups is 1. The number of aryl methyl sites for hydroxylation is 1. The Kier molecular flexibility index (Phi) is 5.67. The molecule has 1 N–H and O–H groups in total. The van der Waals surface area contributed by atoms with E-state index in [-0.39, 0.29) is 6.04 Å². The van der Waals surface area contributed by atoms with Crippen molar-refractivity contribution in [1.82, 2.24) is 5.01 Å². The molecule has 2 unspecified atom stereocenters. The fourth-order valence-corrected chi connectivity index (χ4v) is 2.09. The normalized spacial score (nSPS) is 14.0. The van der Waals surface area contributed by atoms with Crippen LogP contribution in [0.4, 0.5) is 5.69 Å². The molecule has 4 heteroatoms. The fourth-order valence-electron chi connectivity index (χ4n) is 2.09. The molecule has 0 amide bonds. The van der Waals surface area contributed by atoms with Gasteiger partial charge >= 0.3 is 0 Å². The summed E-state index contributed by atoms with van der Waals surface area (Å²) in [4.78, 5) is 0. The highest BCUT2D eigenvalue weighted by Gasteiger charge is 2.18. The second-order valence-electron chi connectivity index (χ2n) is 5.60. The van der Waals surface area contributed by atoms with Crippen LogP contribution in [-0.4, -0.2) is 29.3 Å². The minimum Gasteiger partial charge on any atom is -0.391 e. The van der Waals surface area contributed by atoms with Gasteiger partial charge in [-0.2, -0.15) is 0 Å². The summed E-state index contributed by atoms with van der Waals surface area (Å²) in [5, 5.41) is 20.4. The van der Waals surface area contributed by atoms with E-state index in [4.69, 9.17) is 0 Å². The monoisotopic (exact) mass is 297 g/mol. The Morgan fingerprint density at radius 2 is 1.68 bits per heavy atom. The van der Waals surface area contributed by atoms with Crippen molar-refractivity contribution < 1.29 is 5.11 Å². The van der Waals surface area contributed by atoms with E-state index in [1.165, 1.54) is 5.56 Å². The number of nitrogens with zero attached hydrogens (tertiary/aromatic N) is 3. The average Bonchev–Trinajstić information content (AvgIpc) is 2.54. The third kappa shape index (κ3) is 4.67. The largest absolute Gasteiger partial charge is 0.391 e. The second-order valence-corrected chi connectivity index (χ2v) is 5.60. The van der Waals surface area contributed by atoms with Crippen molar-refractivity contribution in [2.75, 3.05) is 7.05 Å². The van der Waals surface area contributed by atoms with E-state index >= 15 is 0 Å². The second kappa shape index (κ2) is 7.71. The average molecular weight is 297 g/mol. The van der Waals surface area contributed by atoms with Crippen molar-refractivity contribution >= 4 is 5.69 Å². The van der Waals surface area contributed by atoms with E-state index in [1.807, 2.05) is 75.5 Å². The summed E-state index contributed by atoms with van der Waals surface area (Å²) in [6, 6.07) is 17.7. The lowest BCUT2D eigenvalue weighted by atomic mass is 10.0. The molecule has 0 aliphatic carbocycles. The highest BCUT2D eigenvalue weighted by atomic mass is 16.3. The molecule has 2 aromatic carbocycles. The molecule has 0 saturated carbocycles. The van der Waals surface area contributed by atoms with Gasteiger partial charge in [0.2, 0.25) is 0 Å². The van der Waals surface area contributed by atoms with Crippen LogP contribution in [0.3, 0.4) is 0 Å². The third-order valence-corrected chi connectivity index (χ3v) is 3.77. The van der Waals surface area contributed by atoms with Crippen LogP contribution in [0, 0.1) is 6.92 Å². The van der Waals surface area contributed by atoms with Crippen molar-refractivity contribution in [3.63, 3.8) is 0 Å². The van der Waals surface area contributed by atoms with Crippen LogP contribution in [0.2, 0.25) is 0 Å². The van der Waals surface area contributed by atoms with Crippen molar-refractivity contribution in [2.45, 2.75) is 32.4 Å². The maximum absolute atomic E-state index is 10.3. The van der Waals surface area contributed by atoms with Crippen LogP contribution in [0.25, 0.3) is 0 Å². The molecule has 0 fully saturated rings. The van der Waals surface area contributed by atoms with Crippen molar-refractivity contribution in [3.8, 4) is 0 Å². The Morgan fingerprint density at radius 1 is 1.05 bits per heavy atom. The van der Waals surface area contributed by atoms with E-state index in [1.54, 1.807) is 5.01 Å². The van der Waals surface area contributed by atoms with Crippen molar-refractivity contribution in [3.05, 3.63) is 65.7 Å². The van der Waals surface area contributed by atoms with Gasteiger partial charge in [-0.25, -0.2) is 0 Å². The zero-order valence-corrected chi connectivity index (χ0v) is 13.3. The molecule has 0 aliphatic rings. The Morgan fingerprint density at radius 3 is 2.32 bits per heavy atom. The molecular formula is C18H23N3O. The Labute approximate surface area is 132 Å². The van der Waals surface area contributed by atoms with Crippen molar-refractivity contribution in [2.24, 2.45) is 10.3 Å². The van der Waals surface area contributed by atoms with Gasteiger partial charge in [0.05, 0.1) is 17.8 Å². The van der Waals surface area contributed by atoms with Gasteiger partial charge in [-0.05, 0) is 31.5 Å². The van der Waals surface area contributed by atoms with Gasteiger partial charge < -0.3 is 5.11 Å². The molecule has 2 atom stereocenters. The molecule has 22 heavy (non-hydrogen) atoms. The number of rotatable bonds is 6. The molecular weight excluding hydrogens is 274 g/mol. The lowest BCUT2D eigenvalue weighted by Crippen LogP contribution is -2.36. The number of hydrogen-bond donors (Lipinski definition) is 1. The summed E-state index contributed by atoms with van der Waals surface area (Å²) in [5.74, 6) is 0. The number of benzene rings is 2. The van der Waals surface area contributed by atoms with Crippen LogP contribution in [0.15, 0.2) is 64.9 Å². The first-order chi connectivity index (χ1) is 10.6. The van der Waals surface area contributed by atoms with Crippen LogP contribution in [-0.2, 0) is 6.42 Å². The molecule has 2 rings (SSSR count). The minimum absolute atomic E-state index is 0.116. The summed E-state index contributed by atoms with van der Waals surface area (Å²) in [6.07, 6.45) is 0.108. The fraction of sp³-hybridized carbons (Fsp3) is 0.333. The summed E-state index contributed by atoms with van der Waals surface area (Å²) in [6.45, 7) is 3.98. The van der Waals surface area contributed by atoms with Crippen LogP contribution >= 0.6 is 0 Å². The molecule has 0 radical (unpaired) electrons. The van der Waals surface area contributed by atoms with Gasteiger partial charge in [-0.3, -0.25) is 5.01 Å². The van der Waals surface area contributed by atoms with Gasteiger partial charge in [0.15, 0.2) is 0 Å². The Hall–Kier alpha value is -2.20. The highest BCUT2D eigenvalue weighted by molar-refractivity contribution is 5.37. The summed E-state index contributed by atoms with van der Waals surface area (Å²) in [5.41, 5.74) is 3.12. The standard InChI is InChI=1S/C18H23N3O/c1-14-9-11-17(12-10-14)19-20-21(3)15(2)18(22)13-16-7-5-4-6-8-16/h4-12,15,18,22H,13H2,1-3H3. The lowest BCUT2D eigenvalue weighted by molar-refractivity contribution is 0.0707. The van der Waals surface area contributed by atoms with Crippen LogP contribution in [0.1, 0.15) is 18.1 Å². The molecule has 0 aromatic heterocycles. The first-order valence-corrected chi connectivity index (χ1v) is 7.49. The van der Waals surface area contributed by atoms with E-state index in [2.05, 4.69) is 10.3 Å². The molecule has 0 bridgehead atoms. The molecule has 4 nitrogen and oxygen atoms in total. The SMILES string of the molecule is Cc1ccc(N=NN(C)C(C)C(O)Cc2ccccc2)cc1. The molecule has 2 aromatic rings. The smallest absolute Gasteiger partial charge is 0.0874 e. The van der Waals surface area contributed by atoms with Crippen LogP contribution < -0.4 is 0 Å². The number of likely N-dealkylation sites (N-methyl/N-ethyl adjacent to an activating group) is 1. The first kappa shape index (κ1) is 16.2. The third-order valence-electron chi connectivity index (χ3n) is 3.77. The maximum atomic E-state index is 10.3. The number of hydrogen-bond acceptors (Lipinski definition) is 3. The summed E-state index contributed by atoms with van der Waals surface area (Å²) < 4.78 is 0. The quantitative estimate of drug-likeness (QED) is 0.649. The number of aliphatic hydroxyl groups excluding tert-OH is 1. The van der Waals surface area contributed by atoms with E-state index < -0.39 is 6.10 Å². The molecule has 0 aliphatic heterocycles. The highest BCUT2D eigenvalue weighted by Crippen LogP contribution is 2.15. The molecule has 0 saturated heterocycles. The van der Waals surface area contributed by atoms with Gasteiger partial charge in [0.25, 0.3) is 0 Å². The van der Waals surface area contributed by atoms with E-state index in [0.717, 1.165) is 11.3 Å². The van der Waals surface area contributed by atoms with Gasteiger partial charge in [0, 0.05) is 13.5 Å². The minimum atomic E-state index is -0.496. The molecule has 0 spiro atoms. The van der Waals surface area contributed by atoms with E-state index in [0.29, 0.717) is 6.42 Å². The molecule has 0 heterocycles. The van der Waals surface area contributed by atoms with Crippen molar-refractivity contribution in [1.29, 1.82) is 0 Å². The zero-order chi connectivity index (χ0) is 15.9. The predicted octanol–water partition coefficient (Wildman–Crippen LogP) is 3.92. The lowest BCUT2D eigenvalue weighted by Gasteiger charge is -2.25.